The van der Waals surface area contributed by atoms with E-state index in [4.69, 9.17) is 23.2 Å². The molecule has 2 aromatic heterocycles. The van der Waals surface area contributed by atoms with Crippen molar-refractivity contribution < 1.29 is 4.79 Å². The fourth-order valence-electron chi connectivity index (χ4n) is 1.36. The third kappa shape index (κ3) is 3.03. The second kappa shape index (κ2) is 5.12. The SMILES string of the molecule is Cc1nc(CC(=O)c2ncc(Cl)cc2Cl)cs1. The Hall–Kier alpha value is -0.970. The van der Waals surface area contributed by atoms with Crippen LogP contribution in [0.2, 0.25) is 10.0 Å². The van der Waals surface area contributed by atoms with E-state index in [1.165, 1.54) is 23.6 Å². The second-order valence-electron chi connectivity index (χ2n) is 3.44. The van der Waals surface area contributed by atoms with E-state index in [-0.39, 0.29) is 22.9 Å². The number of nitrogens with zero attached hydrogens (tertiary/aromatic N) is 2. The Kier molecular flexibility index (Phi) is 3.76. The van der Waals surface area contributed by atoms with Gasteiger partial charge in [-0.15, -0.1) is 11.3 Å². The largest absolute Gasteiger partial charge is 0.292 e. The lowest BCUT2D eigenvalue weighted by Crippen LogP contribution is -2.07. The first-order valence-electron chi connectivity index (χ1n) is 4.81. The molecule has 0 bridgehead atoms. The summed E-state index contributed by atoms with van der Waals surface area (Å²) in [5.74, 6) is -0.156. The van der Waals surface area contributed by atoms with E-state index >= 15 is 0 Å². The van der Waals surface area contributed by atoms with Crippen molar-refractivity contribution in [3.8, 4) is 0 Å². The van der Waals surface area contributed by atoms with Gasteiger partial charge in [-0.2, -0.15) is 0 Å². The summed E-state index contributed by atoms with van der Waals surface area (Å²) in [5, 5.41) is 3.48. The first-order chi connectivity index (χ1) is 8.06. The number of aryl methyl sites for hydroxylation is 1. The molecule has 2 aromatic rings. The van der Waals surface area contributed by atoms with E-state index in [2.05, 4.69) is 9.97 Å². The molecular formula is C11H8Cl2N2OS. The molecule has 17 heavy (non-hydrogen) atoms. The lowest BCUT2D eigenvalue weighted by Gasteiger charge is -2.01. The maximum atomic E-state index is 11.9. The minimum Gasteiger partial charge on any atom is -0.292 e. The molecule has 2 heterocycles. The highest BCUT2D eigenvalue weighted by molar-refractivity contribution is 7.09. The minimum absolute atomic E-state index is 0.156. The standard InChI is InChI=1S/C11H8Cl2N2OS/c1-6-15-8(5-17-6)3-10(16)11-9(13)2-7(12)4-14-11/h2,4-5H,3H2,1H3. The summed E-state index contributed by atoms with van der Waals surface area (Å²) in [4.78, 5) is 20.1. The highest BCUT2D eigenvalue weighted by Crippen LogP contribution is 2.20. The number of thiazole rings is 1. The summed E-state index contributed by atoms with van der Waals surface area (Å²) in [6.45, 7) is 1.90. The highest BCUT2D eigenvalue weighted by atomic mass is 35.5. The van der Waals surface area contributed by atoms with Crippen LogP contribution in [-0.4, -0.2) is 15.8 Å². The van der Waals surface area contributed by atoms with Gasteiger partial charge in [-0.25, -0.2) is 9.97 Å². The van der Waals surface area contributed by atoms with Crippen molar-refractivity contribution in [3.63, 3.8) is 0 Å². The molecule has 0 aliphatic rings. The molecule has 0 fully saturated rings. The van der Waals surface area contributed by atoms with Crippen LogP contribution in [0.5, 0.6) is 0 Å². The van der Waals surface area contributed by atoms with Crippen molar-refractivity contribution in [2.75, 3.05) is 0 Å². The predicted molar refractivity (Wildman–Crippen MR) is 69.1 cm³/mol. The Labute approximate surface area is 112 Å². The zero-order valence-corrected chi connectivity index (χ0v) is 11.2. The smallest absolute Gasteiger partial charge is 0.188 e. The molecule has 2 rings (SSSR count). The third-order valence-corrected chi connectivity index (χ3v) is 3.40. The molecule has 6 heteroatoms. The molecule has 3 nitrogen and oxygen atoms in total. The van der Waals surface area contributed by atoms with E-state index < -0.39 is 0 Å². The normalized spacial score (nSPS) is 10.5. The molecule has 0 atom stereocenters. The van der Waals surface area contributed by atoms with Crippen molar-refractivity contribution in [1.82, 2.24) is 9.97 Å². The Morgan fingerprint density at radius 1 is 1.47 bits per heavy atom. The summed E-state index contributed by atoms with van der Waals surface area (Å²) in [7, 11) is 0. The van der Waals surface area contributed by atoms with Crippen LogP contribution in [0.1, 0.15) is 21.2 Å². The highest BCUT2D eigenvalue weighted by Gasteiger charge is 2.14. The summed E-state index contributed by atoms with van der Waals surface area (Å²) in [6.07, 6.45) is 1.62. The molecule has 0 radical (unpaired) electrons. The number of aromatic nitrogens is 2. The van der Waals surface area contributed by atoms with Gasteiger partial charge in [0.15, 0.2) is 5.78 Å². The average molecular weight is 287 g/mol. The molecule has 0 aromatic carbocycles. The number of pyridine rings is 1. The van der Waals surface area contributed by atoms with Gasteiger partial charge in [0.1, 0.15) is 5.69 Å². The Morgan fingerprint density at radius 3 is 2.82 bits per heavy atom. The van der Waals surface area contributed by atoms with Crippen molar-refractivity contribution in [3.05, 3.63) is 44.1 Å². The number of hydrogen-bond acceptors (Lipinski definition) is 4. The van der Waals surface area contributed by atoms with Crippen molar-refractivity contribution >= 4 is 40.3 Å². The number of rotatable bonds is 3. The molecule has 0 saturated heterocycles. The van der Waals surface area contributed by atoms with Crippen LogP contribution in [-0.2, 0) is 6.42 Å². The molecule has 0 saturated carbocycles. The Bertz CT molecular complexity index is 568. The first kappa shape index (κ1) is 12.5. The maximum Gasteiger partial charge on any atom is 0.188 e. The lowest BCUT2D eigenvalue weighted by atomic mass is 10.1. The van der Waals surface area contributed by atoms with E-state index in [0.29, 0.717) is 5.02 Å². The zero-order valence-electron chi connectivity index (χ0n) is 8.91. The second-order valence-corrected chi connectivity index (χ2v) is 5.35. The van der Waals surface area contributed by atoms with E-state index in [1.807, 2.05) is 12.3 Å². The van der Waals surface area contributed by atoms with Gasteiger partial charge in [0.05, 0.1) is 27.2 Å². The lowest BCUT2D eigenvalue weighted by molar-refractivity contribution is 0.0987. The molecule has 0 N–H and O–H groups in total. The first-order valence-corrected chi connectivity index (χ1v) is 6.45. The summed E-state index contributed by atoms with van der Waals surface area (Å²) < 4.78 is 0. The van der Waals surface area contributed by atoms with Gasteiger partial charge in [-0.1, -0.05) is 23.2 Å². The molecule has 0 amide bonds. The quantitative estimate of drug-likeness (QED) is 0.810. The van der Waals surface area contributed by atoms with Crippen molar-refractivity contribution in [2.45, 2.75) is 13.3 Å². The third-order valence-electron chi connectivity index (χ3n) is 2.08. The van der Waals surface area contributed by atoms with Gasteiger partial charge in [-0.3, -0.25) is 4.79 Å². The van der Waals surface area contributed by atoms with Crippen LogP contribution < -0.4 is 0 Å². The fourth-order valence-corrected chi connectivity index (χ4v) is 2.46. The summed E-state index contributed by atoms with van der Waals surface area (Å²) in [5.41, 5.74) is 0.979. The molecule has 0 spiro atoms. The Balaban J connectivity index is 2.20. The number of carbonyl (C=O) groups is 1. The van der Waals surface area contributed by atoms with Gasteiger partial charge >= 0.3 is 0 Å². The van der Waals surface area contributed by atoms with Crippen LogP contribution in [0.4, 0.5) is 0 Å². The number of carbonyl (C=O) groups excluding carboxylic acids is 1. The van der Waals surface area contributed by atoms with Gasteiger partial charge in [0, 0.05) is 11.6 Å². The molecule has 0 aliphatic carbocycles. The van der Waals surface area contributed by atoms with Crippen LogP contribution in [0.3, 0.4) is 0 Å². The number of halogens is 2. The van der Waals surface area contributed by atoms with Gasteiger partial charge in [-0.05, 0) is 13.0 Å². The zero-order chi connectivity index (χ0) is 12.4. The number of ketones is 1. The Morgan fingerprint density at radius 2 is 2.24 bits per heavy atom. The monoisotopic (exact) mass is 286 g/mol. The summed E-state index contributed by atoms with van der Waals surface area (Å²) in [6, 6.07) is 1.51. The summed E-state index contributed by atoms with van der Waals surface area (Å²) >= 11 is 13.1. The van der Waals surface area contributed by atoms with Crippen molar-refractivity contribution in [1.29, 1.82) is 0 Å². The minimum atomic E-state index is -0.156. The predicted octanol–water partition coefficient (Wildman–Crippen LogP) is 3.58. The molecule has 0 aliphatic heterocycles. The topological polar surface area (TPSA) is 42.9 Å². The van der Waals surface area contributed by atoms with E-state index in [0.717, 1.165) is 10.7 Å². The molecular weight excluding hydrogens is 279 g/mol. The van der Waals surface area contributed by atoms with Crippen molar-refractivity contribution in [2.24, 2.45) is 0 Å². The molecule has 88 valence electrons. The fraction of sp³-hybridized carbons (Fsp3) is 0.182. The molecule has 0 unspecified atom stereocenters. The van der Waals surface area contributed by atoms with Crippen LogP contribution in [0.15, 0.2) is 17.6 Å². The maximum absolute atomic E-state index is 11.9. The van der Waals surface area contributed by atoms with Crippen LogP contribution >= 0.6 is 34.5 Å². The number of Topliss-reactive ketones (excluding diaryl/α,β-unsaturated/α-hetero) is 1. The van der Waals surface area contributed by atoms with Gasteiger partial charge in [0.2, 0.25) is 0 Å². The number of hydrogen-bond donors (Lipinski definition) is 0. The average Bonchev–Trinajstić information content (AvgIpc) is 2.63. The van der Waals surface area contributed by atoms with E-state index in [9.17, 15) is 4.79 Å². The van der Waals surface area contributed by atoms with Crippen LogP contribution in [0.25, 0.3) is 0 Å². The van der Waals surface area contributed by atoms with Gasteiger partial charge in [0.25, 0.3) is 0 Å². The van der Waals surface area contributed by atoms with Gasteiger partial charge < -0.3 is 0 Å². The van der Waals surface area contributed by atoms with Crippen LogP contribution in [0, 0.1) is 6.92 Å². The van der Waals surface area contributed by atoms with E-state index in [1.54, 1.807) is 0 Å².